The standard InChI is InChI=1S/C17H22N2O2/c1-5-13-8-6-9-14(12-13)19-15(20)10-7-11-18-16(21)17(2,3)4/h1,6,8-9,12H,7,10-11H2,2-4H3,(H,18,21)(H,19,20). The lowest BCUT2D eigenvalue weighted by molar-refractivity contribution is -0.128. The predicted molar refractivity (Wildman–Crippen MR) is 84.7 cm³/mol. The van der Waals surface area contributed by atoms with Crippen LogP contribution in [-0.2, 0) is 9.59 Å². The van der Waals surface area contributed by atoms with Gasteiger partial charge < -0.3 is 10.6 Å². The third kappa shape index (κ3) is 6.13. The van der Waals surface area contributed by atoms with E-state index in [4.69, 9.17) is 6.42 Å². The number of hydrogen-bond acceptors (Lipinski definition) is 2. The van der Waals surface area contributed by atoms with Gasteiger partial charge in [-0.2, -0.15) is 0 Å². The molecule has 21 heavy (non-hydrogen) atoms. The van der Waals surface area contributed by atoms with Crippen molar-refractivity contribution < 1.29 is 9.59 Å². The second kappa shape index (κ2) is 7.49. The number of anilines is 1. The van der Waals surface area contributed by atoms with Gasteiger partial charge in [0.2, 0.25) is 11.8 Å². The molecule has 0 saturated heterocycles. The molecule has 0 spiro atoms. The van der Waals surface area contributed by atoms with Gasteiger partial charge in [0.05, 0.1) is 0 Å². The molecule has 2 amide bonds. The Labute approximate surface area is 126 Å². The molecule has 1 rings (SSSR count). The molecule has 4 heteroatoms. The summed E-state index contributed by atoms with van der Waals surface area (Å²) in [6.07, 6.45) is 6.26. The van der Waals surface area contributed by atoms with E-state index in [1.54, 1.807) is 24.3 Å². The van der Waals surface area contributed by atoms with Crippen molar-refractivity contribution in [3.63, 3.8) is 0 Å². The molecule has 0 atom stereocenters. The van der Waals surface area contributed by atoms with E-state index in [2.05, 4.69) is 16.6 Å². The van der Waals surface area contributed by atoms with E-state index in [1.807, 2.05) is 20.8 Å². The Morgan fingerprint density at radius 3 is 2.62 bits per heavy atom. The summed E-state index contributed by atoms with van der Waals surface area (Å²) in [5.74, 6) is 2.42. The van der Waals surface area contributed by atoms with E-state index in [0.29, 0.717) is 25.1 Å². The SMILES string of the molecule is C#Cc1cccc(NC(=O)CCCNC(=O)C(C)(C)C)c1. The Hall–Kier alpha value is -2.28. The number of nitrogens with one attached hydrogen (secondary N) is 2. The van der Waals surface area contributed by atoms with Gasteiger partial charge in [-0.15, -0.1) is 6.42 Å². The topological polar surface area (TPSA) is 58.2 Å². The zero-order valence-corrected chi connectivity index (χ0v) is 12.8. The molecular weight excluding hydrogens is 264 g/mol. The molecule has 2 N–H and O–H groups in total. The molecule has 0 heterocycles. The van der Waals surface area contributed by atoms with Crippen molar-refractivity contribution in [2.45, 2.75) is 33.6 Å². The van der Waals surface area contributed by atoms with Gasteiger partial charge in [0, 0.05) is 29.6 Å². The number of terminal acetylenes is 1. The summed E-state index contributed by atoms with van der Waals surface area (Å²) >= 11 is 0. The number of benzene rings is 1. The zero-order valence-electron chi connectivity index (χ0n) is 12.8. The van der Waals surface area contributed by atoms with Gasteiger partial charge in [-0.05, 0) is 24.6 Å². The van der Waals surface area contributed by atoms with Crippen LogP contribution in [0.2, 0.25) is 0 Å². The molecule has 0 unspecified atom stereocenters. The van der Waals surface area contributed by atoms with Crippen molar-refractivity contribution >= 4 is 17.5 Å². The Balaban J connectivity index is 2.32. The van der Waals surface area contributed by atoms with Crippen LogP contribution >= 0.6 is 0 Å². The van der Waals surface area contributed by atoms with Gasteiger partial charge in [-0.1, -0.05) is 32.8 Å². The van der Waals surface area contributed by atoms with E-state index in [-0.39, 0.29) is 11.8 Å². The van der Waals surface area contributed by atoms with Crippen molar-refractivity contribution in [3.05, 3.63) is 29.8 Å². The molecule has 1 aromatic carbocycles. The number of carbonyl (C=O) groups excluding carboxylic acids is 2. The zero-order chi connectivity index (χ0) is 15.9. The summed E-state index contributed by atoms with van der Waals surface area (Å²) in [7, 11) is 0. The smallest absolute Gasteiger partial charge is 0.225 e. The molecule has 0 aliphatic rings. The van der Waals surface area contributed by atoms with Crippen molar-refractivity contribution in [2.24, 2.45) is 5.41 Å². The molecule has 0 aromatic heterocycles. The number of amides is 2. The number of rotatable bonds is 5. The van der Waals surface area contributed by atoms with Gasteiger partial charge in [0.1, 0.15) is 0 Å². The minimum atomic E-state index is -0.405. The Kier molecular flexibility index (Phi) is 5.98. The molecule has 0 bridgehead atoms. The fraction of sp³-hybridized carbons (Fsp3) is 0.412. The summed E-state index contributed by atoms with van der Waals surface area (Å²) in [6, 6.07) is 7.14. The first-order chi connectivity index (χ1) is 9.82. The maximum atomic E-state index is 11.8. The first-order valence-corrected chi connectivity index (χ1v) is 6.98. The summed E-state index contributed by atoms with van der Waals surface area (Å²) in [5, 5.41) is 5.60. The molecule has 1 aromatic rings. The van der Waals surface area contributed by atoms with Crippen molar-refractivity contribution in [1.82, 2.24) is 5.32 Å². The Bertz CT molecular complexity index is 551. The van der Waals surface area contributed by atoms with Gasteiger partial charge in [-0.3, -0.25) is 9.59 Å². The lowest BCUT2D eigenvalue weighted by Gasteiger charge is -2.17. The van der Waals surface area contributed by atoms with Crippen LogP contribution in [0.3, 0.4) is 0 Å². The Morgan fingerprint density at radius 1 is 1.29 bits per heavy atom. The lowest BCUT2D eigenvalue weighted by atomic mass is 9.96. The number of carbonyl (C=O) groups is 2. The highest BCUT2D eigenvalue weighted by molar-refractivity contribution is 5.90. The second-order valence-corrected chi connectivity index (χ2v) is 5.88. The molecule has 0 saturated carbocycles. The molecular formula is C17H22N2O2. The average Bonchev–Trinajstić information content (AvgIpc) is 2.42. The van der Waals surface area contributed by atoms with Crippen LogP contribution in [0, 0.1) is 17.8 Å². The van der Waals surface area contributed by atoms with E-state index in [1.165, 1.54) is 0 Å². The summed E-state index contributed by atoms with van der Waals surface area (Å²) in [5.41, 5.74) is 1.01. The number of hydrogen-bond donors (Lipinski definition) is 2. The van der Waals surface area contributed by atoms with Crippen molar-refractivity contribution in [3.8, 4) is 12.3 Å². The minimum Gasteiger partial charge on any atom is -0.356 e. The second-order valence-electron chi connectivity index (χ2n) is 5.88. The van der Waals surface area contributed by atoms with E-state index >= 15 is 0 Å². The maximum Gasteiger partial charge on any atom is 0.225 e. The third-order valence-corrected chi connectivity index (χ3v) is 2.86. The Morgan fingerprint density at radius 2 is 2.00 bits per heavy atom. The molecule has 4 nitrogen and oxygen atoms in total. The maximum absolute atomic E-state index is 11.8. The minimum absolute atomic E-state index is 0.00960. The van der Waals surface area contributed by atoms with Crippen LogP contribution < -0.4 is 10.6 Å². The largest absolute Gasteiger partial charge is 0.356 e. The lowest BCUT2D eigenvalue weighted by Crippen LogP contribution is -2.35. The molecule has 0 fully saturated rings. The van der Waals surface area contributed by atoms with Gasteiger partial charge >= 0.3 is 0 Å². The highest BCUT2D eigenvalue weighted by Crippen LogP contribution is 2.12. The molecule has 0 radical (unpaired) electrons. The first-order valence-electron chi connectivity index (χ1n) is 6.98. The van der Waals surface area contributed by atoms with Crippen LogP contribution in [0.4, 0.5) is 5.69 Å². The van der Waals surface area contributed by atoms with E-state index in [0.717, 1.165) is 5.56 Å². The van der Waals surface area contributed by atoms with Gasteiger partial charge in [-0.25, -0.2) is 0 Å². The summed E-state index contributed by atoms with van der Waals surface area (Å²) in [4.78, 5) is 23.4. The average molecular weight is 286 g/mol. The molecule has 0 aliphatic carbocycles. The van der Waals surface area contributed by atoms with Crippen molar-refractivity contribution in [2.75, 3.05) is 11.9 Å². The van der Waals surface area contributed by atoms with Crippen LogP contribution in [0.15, 0.2) is 24.3 Å². The monoisotopic (exact) mass is 286 g/mol. The highest BCUT2D eigenvalue weighted by Gasteiger charge is 2.20. The summed E-state index contributed by atoms with van der Waals surface area (Å²) < 4.78 is 0. The van der Waals surface area contributed by atoms with Crippen LogP contribution in [0.5, 0.6) is 0 Å². The quantitative estimate of drug-likeness (QED) is 0.645. The third-order valence-electron chi connectivity index (χ3n) is 2.86. The van der Waals surface area contributed by atoms with Crippen molar-refractivity contribution in [1.29, 1.82) is 0 Å². The fourth-order valence-corrected chi connectivity index (χ4v) is 1.63. The molecule has 0 aliphatic heterocycles. The van der Waals surface area contributed by atoms with E-state index in [9.17, 15) is 9.59 Å². The van der Waals surface area contributed by atoms with Gasteiger partial charge in [0.15, 0.2) is 0 Å². The molecule has 112 valence electrons. The highest BCUT2D eigenvalue weighted by atomic mass is 16.2. The summed E-state index contributed by atoms with van der Waals surface area (Å²) in [6.45, 7) is 6.06. The first kappa shape index (κ1) is 16.8. The fourth-order valence-electron chi connectivity index (χ4n) is 1.63. The normalized spacial score (nSPS) is 10.6. The van der Waals surface area contributed by atoms with Crippen LogP contribution in [0.1, 0.15) is 39.2 Å². The van der Waals surface area contributed by atoms with E-state index < -0.39 is 5.41 Å². The predicted octanol–water partition coefficient (Wildman–Crippen LogP) is 2.55. The van der Waals surface area contributed by atoms with Gasteiger partial charge in [0.25, 0.3) is 0 Å². The van der Waals surface area contributed by atoms with Crippen LogP contribution in [-0.4, -0.2) is 18.4 Å². The van der Waals surface area contributed by atoms with Crippen LogP contribution in [0.25, 0.3) is 0 Å².